The number of likely N-dealkylation sites (tertiary alicyclic amines) is 1. The third kappa shape index (κ3) is 5.01. The average molecular weight is 373 g/mol. The van der Waals surface area contributed by atoms with Crippen LogP contribution in [0.15, 0.2) is 30.5 Å². The average Bonchev–Trinajstić information content (AvgIpc) is 2.69. The number of halogens is 1. The maximum Gasteiger partial charge on any atom is 0.260 e. The van der Waals surface area contributed by atoms with Gasteiger partial charge in [-0.3, -0.25) is 4.79 Å². The van der Waals surface area contributed by atoms with E-state index in [1.165, 1.54) is 24.3 Å². The quantitative estimate of drug-likeness (QED) is 0.779. The molecule has 0 aliphatic carbocycles. The third-order valence-electron chi connectivity index (χ3n) is 4.73. The van der Waals surface area contributed by atoms with E-state index in [0.717, 1.165) is 29.9 Å². The molecular formula is C20H24FN3O3. The number of piperidine rings is 1. The van der Waals surface area contributed by atoms with E-state index >= 15 is 0 Å². The summed E-state index contributed by atoms with van der Waals surface area (Å²) in [5, 5.41) is 0. The van der Waals surface area contributed by atoms with Gasteiger partial charge in [0.2, 0.25) is 0 Å². The van der Waals surface area contributed by atoms with Crippen LogP contribution in [0.25, 0.3) is 0 Å². The number of carbonyl (C=O) groups is 1. The Morgan fingerprint density at radius 1 is 1.26 bits per heavy atom. The number of hydrogen-bond acceptors (Lipinski definition) is 5. The molecule has 1 aliphatic heterocycles. The van der Waals surface area contributed by atoms with Gasteiger partial charge in [-0.05, 0) is 44.0 Å². The molecule has 3 rings (SSSR count). The van der Waals surface area contributed by atoms with Gasteiger partial charge in [-0.25, -0.2) is 14.4 Å². The van der Waals surface area contributed by atoms with E-state index in [2.05, 4.69) is 9.97 Å². The van der Waals surface area contributed by atoms with Gasteiger partial charge in [0.15, 0.2) is 6.61 Å². The molecule has 1 aliphatic rings. The van der Waals surface area contributed by atoms with Crippen molar-refractivity contribution in [2.45, 2.75) is 32.3 Å². The van der Waals surface area contributed by atoms with E-state index in [1.807, 2.05) is 18.0 Å². The van der Waals surface area contributed by atoms with Crippen LogP contribution in [0.5, 0.6) is 5.75 Å². The van der Waals surface area contributed by atoms with Crippen molar-refractivity contribution in [3.05, 3.63) is 53.4 Å². The fraction of sp³-hybridized carbons (Fsp3) is 0.450. The van der Waals surface area contributed by atoms with Crippen molar-refractivity contribution in [3.63, 3.8) is 0 Å². The summed E-state index contributed by atoms with van der Waals surface area (Å²) in [6.07, 6.45) is 3.51. The first kappa shape index (κ1) is 19.2. The zero-order chi connectivity index (χ0) is 19.2. The van der Waals surface area contributed by atoms with Crippen LogP contribution in [0.1, 0.15) is 35.8 Å². The number of benzene rings is 1. The monoisotopic (exact) mass is 373 g/mol. The second-order valence-corrected chi connectivity index (χ2v) is 6.66. The standard InChI is InChI=1S/C20H24FN3O3/c1-14-22-11-16(12-26-2)20(23-14)15-7-9-24(10-8-15)19(25)13-27-18-5-3-17(21)4-6-18/h3-6,11,15H,7-10,12-13H2,1-2H3. The molecule has 2 aromatic rings. The molecule has 1 aromatic carbocycles. The van der Waals surface area contributed by atoms with Gasteiger partial charge >= 0.3 is 0 Å². The van der Waals surface area contributed by atoms with Gasteiger partial charge in [0.25, 0.3) is 5.91 Å². The molecule has 1 aromatic heterocycles. The number of methoxy groups -OCH3 is 1. The van der Waals surface area contributed by atoms with Crippen molar-refractivity contribution in [1.29, 1.82) is 0 Å². The molecule has 0 saturated carbocycles. The number of rotatable bonds is 6. The molecule has 144 valence electrons. The van der Waals surface area contributed by atoms with Crippen molar-refractivity contribution >= 4 is 5.91 Å². The number of aromatic nitrogens is 2. The van der Waals surface area contributed by atoms with E-state index in [4.69, 9.17) is 9.47 Å². The van der Waals surface area contributed by atoms with Gasteiger partial charge in [0.1, 0.15) is 17.4 Å². The first-order valence-corrected chi connectivity index (χ1v) is 9.04. The molecule has 1 amide bonds. The Kier molecular flexibility index (Phi) is 6.34. The minimum absolute atomic E-state index is 0.0438. The minimum Gasteiger partial charge on any atom is -0.484 e. The van der Waals surface area contributed by atoms with Gasteiger partial charge < -0.3 is 14.4 Å². The smallest absolute Gasteiger partial charge is 0.260 e. The highest BCUT2D eigenvalue weighted by Gasteiger charge is 2.26. The summed E-state index contributed by atoms with van der Waals surface area (Å²) in [4.78, 5) is 23.1. The molecule has 0 unspecified atom stereocenters. The lowest BCUT2D eigenvalue weighted by Gasteiger charge is -2.32. The minimum atomic E-state index is -0.330. The van der Waals surface area contributed by atoms with Crippen molar-refractivity contribution in [2.75, 3.05) is 26.8 Å². The molecule has 7 heteroatoms. The van der Waals surface area contributed by atoms with Crippen LogP contribution >= 0.6 is 0 Å². The Balaban J connectivity index is 1.54. The predicted molar refractivity (Wildman–Crippen MR) is 97.9 cm³/mol. The highest BCUT2D eigenvalue weighted by atomic mass is 19.1. The van der Waals surface area contributed by atoms with Crippen LogP contribution in [-0.2, 0) is 16.1 Å². The normalized spacial score (nSPS) is 15.0. The molecule has 0 spiro atoms. The fourth-order valence-corrected chi connectivity index (χ4v) is 3.30. The number of carbonyl (C=O) groups excluding carboxylic acids is 1. The Morgan fingerprint density at radius 2 is 1.96 bits per heavy atom. The SMILES string of the molecule is COCc1cnc(C)nc1C1CCN(C(=O)COc2ccc(F)cc2)CC1. The van der Waals surface area contributed by atoms with Crippen LogP contribution < -0.4 is 4.74 Å². The molecular weight excluding hydrogens is 349 g/mol. The van der Waals surface area contributed by atoms with Crippen LogP contribution in [0.2, 0.25) is 0 Å². The summed E-state index contributed by atoms with van der Waals surface area (Å²) in [6, 6.07) is 5.66. The molecule has 0 radical (unpaired) electrons. The van der Waals surface area contributed by atoms with E-state index in [0.29, 0.717) is 31.4 Å². The van der Waals surface area contributed by atoms with Gasteiger partial charge in [0.05, 0.1) is 12.3 Å². The zero-order valence-corrected chi connectivity index (χ0v) is 15.7. The number of amides is 1. The van der Waals surface area contributed by atoms with Crippen LogP contribution in [0.3, 0.4) is 0 Å². The Labute approximate surface area is 158 Å². The van der Waals surface area contributed by atoms with Gasteiger partial charge in [-0.1, -0.05) is 0 Å². The molecule has 6 nitrogen and oxygen atoms in total. The highest BCUT2D eigenvalue weighted by Crippen LogP contribution is 2.29. The maximum atomic E-state index is 12.9. The van der Waals surface area contributed by atoms with E-state index in [9.17, 15) is 9.18 Å². The lowest BCUT2D eigenvalue weighted by atomic mass is 9.91. The first-order chi connectivity index (χ1) is 13.1. The van der Waals surface area contributed by atoms with Crippen LogP contribution in [0, 0.1) is 12.7 Å². The summed E-state index contributed by atoms with van der Waals surface area (Å²) in [7, 11) is 1.66. The molecule has 0 bridgehead atoms. The Hall–Kier alpha value is -2.54. The van der Waals surface area contributed by atoms with Crippen LogP contribution in [-0.4, -0.2) is 47.6 Å². The molecule has 1 saturated heterocycles. The number of aryl methyl sites for hydroxylation is 1. The van der Waals surface area contributed by atoms with Crippen molar-refractivity contribution in [1.82, 2.24) is 14.9 Å². The molecule has 1 fully saturated rings. The van der Waals surface area contributed by atoms with Gasteiger partial charge in [-0.2, -0.15) is 0 Å². The number of ether oxygens (including phenoxy) is 2. The second kappa shape index (κ2) is 8.90. The summed E-state index contributed by atoms with van der Waals surface area (Å²) < 4.78 is 23.6. The molecule has 2 heterocycles. The number of hydrogen-bond donors (Lipinski definition) is 0. The van der Waals surface area contributed by atoms with Gasteiger partial charge in [0, 0.05) is 37.9 Å². The molecule has 0 N–H and O–H groups in total. The first-order valence-electron chi connectivity index (χ1n) is 9.04. The summed E-state index contributed by atoms with van der Waals surface area (Å²) in [5.41, 5.74) is 2.03. The lowest BCUT2D eigenvalue weighted by Crippen LogP contribution is -2.40. The third-order valence-corrected chi connectivity index (χ3v) is 4.73. The summed E-state index contributed by atoms with van der Waals surface area (Å²) in [6.45, 7) is 3.64. The molecule has 27 heavy (non-hydrogen) atoms. The highest BCUT2D eigenvalue weighted by molar-refractivity contribution is 5.77. The maximum absolute atomic E-state index is 12.9. The second-order valence-electron chi connectivity index (χ2n) is 6.66. The Bertz CT molecular complexity index is 775. The summed E-state index contributed by atoms with van der Waals surface area (Å²) >= 11 is 0. The Morgan fingerprint density at radius 3 is 2.63 bits per heavy atom. The summed E-state index contributed by atoms with van der Waals surface area (Å²) in [5.74, 6) is 1.13. The largest absolute Gasteiger partial charge is 0.484 e. The van der Waals surface area contributed by atoms with E-state index in [1.54, 1.807) is 7.11 Å². The zero-order valence-electron chi connectivity index (χ0n) is 15.7. The van der Waals surface area contributed by atoms with Crippen molar-refractivity contribution < 1.29 is 18.7 Å². The van der Waals surface area contributed by atoms with E-state index in [-0.39, 0.29) is 18.3 Å². The fourth-order valence-electron chi connectivity index (χ4n) is 3.30. The van der Waals surface area contributed by atoms with Crippen LogP contribution in [0.4, 0.5) is 4.39 Å². The lowest BCUT2D eigenvalue weighted by molar-refractivity contribution is -0.134. The van der Waals surface area contributed by atoms with Crippen molar-refractivity contribution in [3.8, 4) is 5.75 Å². The van der Waals surface area contributed by atoms with Gasteiger partial charge in [-0.15, -0.1) is 0 Å². The van der Waals surface area contributed by atoms with E-state index < -0.39 is 0 Å². The predicted octanol–water partition coefficient (Wildman–Crippen LogP) is 2.86. The topological polar surface area (TPSA) is 64.6 Å². The van der Waals surface area contributed by atoms with Crippen molar-refractivity contribution in [2.24, 2.45) is 0 Å². The number of nitrogens with zero attached hydrogens (tertiary/aromatic N) is 3. The molecule has 0 atom stereocenters.